The molecule has 0 amide bonds. The first-order chi connectivity index (χ1) is 7.65. The first-order valence-electron chi connectivity index (χ1n) is 5.09. The van der Waals surface area contributed by atoms with E-state index in [0.717, 1.165) is 6.42 Å². The van der Waals surface area contributed by atoms with Gasteiger partial charge in [-0.15, -0.1) is 6.58 Å². The Balaban J connectivity index is 2.76. The maximum atomic E-state index is 5.75. The standard InChI is InChI=1S/C10H15ClN4O/c1-4-6-16-10-14-8(11)13-9(15-10)12-7(3)5-2/h5,7H,2,4,6H2,1,3H3,(H,12,13,14,15). The van der Waals surface area contributed by atoms with E-state index in [0.29, 0.717) is 12.6 Å². The molecule has 0 spiro atoms. The predicted octanol–water partition coefficient (Wildman–Crippen LogP) is 2.30. The molecule has 88 valence electrons. The van der Waals surface area contributed by atoms with Crippen LogP contribution in [0.15, 0.2) is 12.7 Å². The van der Waals surface area contributed by atoms with Crippen LogP contribution in [0.2, 0.25) is 5.28 Å². The molecule has 1 N–H and O–H groups in total. The van der Waals surface area contributed by atoms with Crippen molar-refractivity contribution in [2.75, 3.05) is 11.9 Å². The number of aromatic nitrogens is 3. The van der Waals surface area contributed by atoms with E-state index < -0.39 is 0 Å². The molecule has 0 aliphatic heterocycles. The van der Waals surface area contributed by atoms with Crippen molar-refractivity contribution in [3.8, 4) is 6.01 Å². The molecule has 1 unspecified atom stereocenters. The van der Waals surface area contributed by atoms with E-state index in [1.54, 1.807) is 6.08 Å². The topological polar surface area (TPSA) is 59.9 Å². The molecule has 0 saturated heterocycles. The highest BCUT2D eigenvalue weighted by molar-refractivity contribution is 6.28. The van der Waals surface area contributed by atoms with Crippen LogP contribution in [0.5, 0.6) is 6.01 Å². The first kappa shape index (κ1) is 12.7. The van der Waals surface area contributed by atoms with Crippen LogP contribution in [0.1, 0.15) is 20.3 Å². The van der Waals surface area contributed by atoms with Crippen molar-refractivity contribution in [3.63, 3.8) is 0 Å². The smallest absolute Gasteiger partial charge is 0.322 e. The molecule has 0 aliphatic rings. The lowest BCUT2D eigenvalue weighted by atomic mass is 10.3. The lowest BCUT2D eigenvalue weighted by Crippen LogP contribution is -2.15. The second-order valence-corrected chi connectivity index (χ2v) is 3.57. The van der Waals surface area contributed by atoms with Gasteiger partial charge >= 0.3 is 6.01 Å². The molecule has 0 aromatic carbocycles. The minimum atomic E-state index is 0.0532. The van der Waals surface area contributed by atoms with Gasteiger partial charge in [0.1, 0.15) is 0 Å². The molecule has 1 atom stereocenters. The van der Waals surface area contributed by atoms with Crippen LogP contribution in [0, 0.1) is 0 Å². The third-order valence-electron chi connectivity index (χ3n) is 1.73. The van der Waals surface area contributed by atoms with E-state index in [1.165, 1.54) is 0 Å². The molecule has 0 saturated carbocycles. The van der Waals surface area contributed by atoms with Crippen molar-refractivity contribution in [2.45, 2.75) is 26.3 Å². The first-order valence-corrected chi connectivity index (χ1v) is 5.47. The number of hydrogen-bond donors (Lipinski definition) is 1. The maximum absolute atomic E-state index is 5.75. The number of anilines is 1. The minimum Gasteiger partial charge on any atom is -0.463 e. The second-order valence-electron chi connectivity index (χ2n) is 3.23. The summed E-state index contributed by atoms with van der Waals surface area (Å²) < 4.78 is 5.28. The van der Waals surface area contributed by atoms with Gasteiger partial charge in [-0.3, -0.25) is 0 Å². The Morgan fingerprint density at radius 2 is 2.25 bits per heavy atom. The molecule has 1 rings (SSSR count). The Labute approximate surface area is 99.9 Å². The molecule has 0 bridgehead atoms. The van der Waals surface area contributed by atoms with Crippen LogP contribution < -0.4 is 10.1 Å². The molecule has 16 heavy (non-hydrogen) atoms. The molecule has 1 aromatic rings. The Hall–Kier alpha value is -1.36. The summed E-state index contributed by atoms with van der Waals surface area (Å²) >= 11 is 5.75. The van der Waals surface area contributed by atoms with E-state index in [4.69, 9.17) is 16.3 Å². The molecule has 0 aliphatic carbocycles. The third-order valence-corrected chi connectivity index (χ3v) is 1.90. The number of ether oxygens (including phenoxy) is 1. The zero-order valence-electron chi connectivity index (χ0n) is 9.40. The van der Waals surface area contributed by atoms with Gasteiger partial charge in [0.2, 0.25) is 11.2 Å². The third kappa shape index (κ3) is 4.02. The highest BCUT2D eigenvalue weighted by Gasteiger charge is 2.06. The summed E-state index contributed by atoms with van der Waals surface area (Å²) in [6.45, 7) is 8.14. The zero-order valence-corrected chi connectivity index (χ0v) is 10.2. The van der Waals surface area contributed by atoms with Crippen molar-refractivity contribution < 1.29 is 4.74 Å². The lowest BCUT2D eigenvalue weighted by molar-refractivity contribution is 0.291. The average Bonchev–Trinajstić information content (AvgIpc) is 2.25. The lowest BCUT2D eigenvalue weighted by Gasteiger charge is -2.10. The number of halogens is 1. The average molecular weight is 243 g/mol. The van der Waals surface area contributed by atoms with Crippen molar-refractivity contribution in [2.24, 2.45) is 0 Å². The van der Waals surface area contributed by atoms with Crippen molar-refractivity contribution in [3.05, 3.63) is 17.9 Å². The van der Waals surface area contributed by atoms with Crippen LogP contribution in [0.3, 0.4) is 0 Å². The SMILES string of the molecule is C=CC(C)Nc1nc(Cl)nc(OCCC)n1. The summed E-state index contributed by atoms with van der Waals surface area (Å²) in [6, 6.07) is 0.290. The summed E-state index contributed by atoms with van der Waals surface area (Å²) in [7, 11) is 0. The van der Waals surface area contributed by atoms with Gasteiger partial charge in [-0.25, -0.2) is 0 Å². The highest BCUT2D eigenvalue weighted by atomic mass is 35.5. The van der Waals surface area contributed by atoms with Gasteiger partial charge in [-0.2, -0.15) is 15.0 Å². The second kappa shape index (κ2) is 6.27. The normalized spacial score (nSPS) is 11.9. The number of hydrogen-bond acceptors (Lipinski definition) is 5. The monoisotopic (exact) mass is 242 g/mol. The maximum Gasteiger partial charge on any atom is 0.322 e. The summed E-state index contributed by atoms with van der Waals surface area (Å²) in [4.78, 5) is 11.9. The van der Waals surface area contributed by atoms with Gasteiger partial charge in [0.15, 0.2) is 0 Å². The van der Waals surface area contributed by atoms with Gasteiger partial charge in [-0.05, 0) is 24.9 Å². The van der Waals surface area contributed by atoms with E-state index in [-0.39, 0.29) is 17.3 Å². The Bertz CT molecular complexity index is 359. The van der Waals surface area contributed by atoms with Crippen molar-refractivity contribution in [1.82, 2.24) is 15.0 Å². The summed E-state index contributed by atoms with van der Waals surface area (Å²) in [5.41, 5.74) is 0. The molecular weight excluding hydrogens is 228 g/mol. The van der Waals surface area contributed by atoms with E-state index in [9.17, 15) is 0 Å². The fourth-order valence-electron chi connectivity index (χ4n) is 0.917. The fraction of sp³-hybridized carbons (Fsp3) is 0.500. The summed E-state index contributed by atoms with van der Waals surface area (Å²) in [6.07, 6.45) is 2.62. The van der Waals surface area contributed by atoms with Crippen LogP contribution in [0.4, 0.5) is 5.95 Å². The zero-order chi connectivity index (χ0) is 12.0. The molecule has 6 heteroatoms. The predicted molar refractivity (Wildman–Crippen MR) is 63.9 cm³/mol. The Morgan fingerprint density at radius 1 is 1.50 bits per heavy atom. The summed E-state index contributed by atoms with van der Waals surface area (Å²) in [5.74, 6) is 0.388. The fourth-order valence-corrected chi connectivity index (χ4v) is 1.07. The molecular formula is C10H15ClN4O. The van der Waals surface area contributed by atoms with Crippen LogP contribution in [0.25, 0.3) is 0 Å². The highest BCUT2D eigenvalue weighted by Crippen LogP contribution is 2.12. The molecule has 1 aromatic heterocycles. The summed E-state index contributed by atoms with van der Waals surface area (Å²) in [5, 5.41) is 3.12. The van der Waals surface area contributed by atoms with Gasteiger partial charge in [0.25, 0.3) is 0 Å². The number of nitrogens with one attached hydrogen (secondary N) is 1. The molecule has 1 heterocycles. The Kier molecular flexibility index (Phi) is 4.98. The minimum absolute atomic E-state index is 0.0532. The molecule has 5 nitrogen and oxygen atoms in total. The Morgan fingerprint density at radius 3 is 2.88 bits per heavy atom. The number of nitrogens with zero attached hydrogens (tertiary/aromatic N) is 3. The van der Waals surface area contributed by atoms with Crippen molar-refractivity contribution >= 4 is 17.5 Å². The van der Waals surface area contributed by atoms with Crippen LogP contribution in [-0.4, -0.2) is 27.6 Å². The van der Waals surface area contributed by atoms with Gasteiger partial charge in [0, 0.05) is 6.04 Å². The van der Waals surface area contributed by atoms with Crippen LogP contribution in [-0.2, 0) is 0 Å². The van der Waals surface area contributed by atoms with Gasteiger partial charge < -0.3 is 10.1 Å². The quantitative estimate of drug-likeness (QED) is 0.776. The van der Waals surface area contributed by atoms with E-state index in [1.807, 2.05) is 13.8 Å². The van der Waals surface area contributed by atoms with Gasteiger partial charge in [0.05, 0.1) is 6.61 Å². The van der Waals surface area contributed by atoms with Crippen molar-refractivity contribution in [1.29, 1.82) is 0 Å². The molecule has 0 radical (unpaired) electrons. The van der Waals surface area contributed by atoms with E-state index >= 15 is 0 Å². The van der Waals surface area contributed by atoms with Crippen LogP contribution >= 0.6 is 11.6 Å². The largest absolute Gasteiger partial charge is 0.463 e. The van der Waals surface area contributed by atoms with E-state index in [2.05, 4.69) is 26.8 Å². The molecule has 0 fully saturated rings. The number of rotatable bonds is 6. The van der Waals surface area contributed by atoms with Gasteiger partial charge in [-0.1, -0.05) is 13.0 Å².